The normalized spacial score (nSPS) is 16.6. The number of para-hydroxylation sites is 1. The number of fused-ring (bicyclic) bond motifs is 2. The van der Waals surface area contributed by atoms with Gasteiger partial charge in [-0.1, -0.05) is 64.5 Å². The van der Waals surface area contributed by atoms with Crippen LogP contribution in [0.1, 0.15) is 39.2 Å². The third-order valence-corrected chi connectivity index (χ3v) is 5.99. The van der Waals surface area contributed by atoms with Gasteiger partial charge in [0.1, 0.15) is 0 Å². The molecule has 0 amide bonds. The van der Waals surface area contributed by atoms with Crippen LogP contribution in [0.2, 0.25) is 0 Å². The van der Waals surface area contributed by atoms with Gasteiger partial charge in [-0.15, -0.1) is 0 Å². The van der Waals surface area contributed by atoms with Gasteiger partial charge in [0.2, 0.25) is 0 Å². The van der Waals surface area contributed by atoms with Crippen LogP contribution in [-0.4, -0.2) is 17.5 Å². The summed E-state index contributed by atoms with van der Waals surface area (Å²) in [6.07, 6.45) is 1.65. The molecule has 4 nitrogen and oxygen atoms in total. The van der Waals surface area contributed by atoms with E-state index in [1.165, 1.54) is 16.5 Å². The molecule has 5 heteroatoms. The molecule has 4 aromatic rings. The molecule has 0 saturated heterocycles. The number of aromatic amines is 1. The molecule has 144 valence electrons. The van der Waals surface area contributed by atoms with E-state index in [1.54, 1.807) is 0 Å². The van der Waals surface area contributed by atoms with Crippen LogP contribution in [0.5, 0.6) is 0 Å². The van der Waals surface area contributed by atoms with Gasteiger partial charge in [0.05, 0.1) is 5.56 Å². The van der Waals surface area contributed by atoms with Crippen molar-refractivity contribution in [3.63, 3.8) is 0 Å². The number of halogens is 1. The Morgan fingerprint density at radius 2 is 1.76 bits per heavy atom. The third-order valence-electron chi connectivity index (χ3n) is 5.46. The van der Waals surface area contributed by atoms with E-state index in [0.717, 1.165) is 15.6 Å². The lowest BCUT2D eigenvalue weighted by molar-refractivity contribution is 0.0307. The van der Waals surface area contributed by atoms with Crippen molar-refractivity contribution < 1.29 is 9.53 Å². The summed E-state index contributed by atoms with van der Waals surface area (Å²) in [5.74, 6) is -0.170. The van der Waals surface area contributed by atoms with Gasteiger partial charge in [0.25, 0.3) is 0 Å². The van der Waals surface area contributed by atoms with E-state index in [0.29, 0.717) is 12.1 Å². The highest BCUT2D eigenvalue weighted by Gasteiger charge is 2.31. The third kappa shape index (κ3) is 3.37. The number of ether oxygens (including phenoxy) is 1. The molecule has 1 aromatic heterocycles. The maximum absolute atomic E-state index is 12.2. The lowest BCUT2D eigenvalue weighted by Gasteiger charge is -2.21. The Kier molecular flexibility index (Phi) is 4.70. The zero-order valence-electron chi connectivity index (χ0n) is 15.6. The fourth-order valence-electron chi connectivity index (χ4n) is 4.01. The van der Waals surface area contributed by atoms with Gasteiger partial charge >= 0.3 is 5.97 Å². The maximum Gasteiger partial charge on any atom is 0.340 e. The monoisotopic (exact) mass is 446 g/mol. The number of carbonyl (C=O) groups is 1. The van der Waals surface area contributed by atoms with Gasteiger partial charge in [0, 0.05) is 39.6 Å². The minimum Gasteiger partial charge on any atom is -0.439 e. The number of H-pyrrole nitrogens is 1. The van der Waals surface area contributed by atoms with Crippen molar-refractivity contribution in [3.8, 4) is 0 Å². The van der Waals surface area contributed by atoms with Crippen molar-refractivity contribution in [1.29, 1.82) is 0 Å². The van der Waals surface area contributed by atoms with Gasteiger partial charge in [0.15, 0.2) is 6.23 Å². The lowest BCUT2D eigenvalue weighted by Crippen LogP contribution is -2.27. The van der Waals surface area contributed by atoms with Crippen LogP contribution in [0.4, 0.5) is 0 Å². The number of rotatable bonds is 5. The standard InChI is InChI=1S/C24H19BrN2O2/c25-16-11-9-15(10-12-16)20(21-14-26-22-8-4-3-5-17(21)22)13-27-23-18-6-1-2-7-19(18)24(28)29-23/h1-12,14,20,23,26-27H,13H2. The van der Waals surface area contributed by atoms with Gasteiger partial charge in [-0.05, 0) is 35.4 Å². The van der Waals surface area contributed by atoms with Crippen LogP contribution < -0.4 is 5.32 Å². The second kappa shape index (κ2) is 7.50. The summed E-state index contributed by atoms with van der Waals surface area (Å²) in [6.45, 7) is 0.635. The highest BCUT2D eigenvalue weighted by atomic mass is 79.9. The summed E-state index contributed by atoms with van der Waals surface area (Å²) in [7, 11) is 0. The molecule has 5 rings (SSSR count). The summed E-state index contributed by atoms with van der Waals surface area (Å²) >= 11 is 3.52. The van der Waals surface area contributed by atoms with Gasteiger partial charge in [-0.3, -0.25) is 5.32 Å². The first-order valence-electron chi connectivity index (χ1n) is 9.55. The molecule has 0 bridgehead atoms. The summed E-state index contributed by atoms with van der Waals surface area (Å²) in [5.41, 5.74) is 5.06. The molecule has 2 atom stereocenters. The van der Waals surface area contributed by atoms with Gasteiger partial charge < -0.3 is 9.72 Å². The molecular weight excluding hydrogens is 428 g/mol. The molecular formula is C24H19BrN2O2. The van der Waals surface area contributed by atoms with Crippen molar-refractivity contribution in [2.24, 2.45) is 0 Å². The van der Waals surface area contributed by atoms with Crippen molar-refractivity contribution >= 4 is 32.8 Å². The number of carbonyl (C=O) groups excluding carboxylic acids is 1. The highest BCUT2D eigenvalue weighted by Crippen LogP contribution is 2.33. The largest absolute Gasteiger partial charge is 0.439 e. The first-order valence-corrected chi connectivity index (χ1v) is 10.3. The Morgan fingerprint density at radius 1 is 1.00 bits per heavy atom. The molecule has 2 heterocycles. The Balaban J connectivity index is 1.48. The Bertz CT molecular complexity index is 1180. The average molecular weight is 447 g/mol. The highest BCUT2D eigenvalue weighted by molar-refractivity contribution is 9.10. The maximum atomic E-state index is 12.2. The van der Waals surface area contributed by atoms with Crippen molar-refractivity contribution in [2.45, 2.75) is 12.1 Å². The minimum atomic E-state index is -0.429. The summed E-state index contributed by atoms with van der Waals surface area (Å²) in [5, 5.41) is 4.67. The van der Waals surface area contributed by atoms with Crippen LogP contribution in [0.25, 0.3) is 10.9 Å². The second-order valence-electron chi connectivity index (χ2n) is 7.17. The predicted octanol–water partition coefficient (Wildman–Crippen LogP) is 5.52. The fraction of sp³-hybridized carbons (Fsp3) is 0.125. The SMILES string of the molecule is O=C1OC(NCC(c2ccc(Br)cc2)c2c[nH]c3ccccc23)c2ccccc21. The number of hydrogen-bond donors (Lipinski definition) is 2. The van der Waals surface area contributed by atoms with Crippen molar-refractivity contribution in [1.82, 2.24) is 10.3 Å². The molecule has 2 unspecified atom stereocenters. The van der Waals surface area contributed by atoms with Crippen molar-refractivity contribution in [2.75, 3.05) is 6.54 Å². The van der Waals surface area contributed by atoms with Crippen LogP contribution in [-0.2, 0) is 4.74 Å². The van der Waals surface area contributed by atoms with E-state index in [-0.39, 0.29) is 11.9 Å². The first kappa shape index (κ1) is 18.2. The smallest absolute Gasteiger partial charge is 0.340 e. The van der Waals surface area contributed by atoms with Crippen LogP contribution in [0.15, 0.2) is 83.5 Å². The number of hydrogen-bond acceptors (Lipinski definition) is 3. The van der Waals surface area contributed by atoms with Crippen molar-refractivity contribution in [3.05, 3.63) is 106 Å². The lowest BCUT2D eigenvalue weighted by atomic mass is 9.90. The summed E-state index contributed by atoms with van der Waals surface area (Å²) in [4.78, 5) is 15.5. The topological polar surface area (TPSA) is 54.1 Å². The average Bonchev–Trinajstić information content (AvgIpc) is 3.32. The van der Waals surface area contributed by atoms with Gasteiger partial charge in [-0.25, -0.2) is 4.79 Å². The minimum absolute atomic E-state index is 0.103. The fourth-order valence-corrected chi connectivity index (χ4v) is 4.27. The molecule has 0 saturated carbocycles. The summed E-state index contributed by atoms with van der Waals surface area (Å²) in [6, 6.07) is 24.2. The number of cyclic esters (lactones) is 1. The number of esters is 1. The zero-order valence-corrected chi connectivity index (χ0v) is 17.1. The molecule has 0 radical (unpaired) electrons. The van der Waals surface area contributed by atoms with Crippen LogP contribution in [0, 0.1) is 0 Å². The van der Waals surface area contributed by atoms with E-state index in [4.69, 9.17) is 4.74 Å². The van der Waals surface area contributed by atoms with Gasteiger partial charge in [-0.2, -0.15) is 0 Å². The Hall–Kier alpha value is -2.89. The quantitative estimate of drug-likeness (QED) is 0.396. The molecule has 0 fully saturated rings. The Morgan fingerprint density at radius 3 is 2.62 bits per heavy atom. The number of aromatic nitrogens is 1. The molecule has 0 spiro atoms. The van der Waals surface area contributed by atoms with Crippen LogP contribution >= 0.6 is 15.9 Å². The predicted molar refractivity (Wildman–Crippen MR) is 117 cm³/mol. The van der Waals surface area contributed by atoms with E-state index in [1.807, 2.05) is 30.3 Å². The molecule has 29 heavy (non-hydrogen) atoms. The van der Waals surface area contributed by atoms with E-state index in [9.17, 15) is 4.79 Å². The molecule has 3 aromatic carbocycles. The van der Waals surface area contributed by atoms with E-state index < -0.39 is 6.23 Å². The molecule has 1 aliphatic rings. The number of benzene rings is 3. The number of nitrogens with one attached hydrogen (secondary N) is 2. The van der Waals surface area contributed by atoms with E-state index >= 15 is 0 Å². The van der Waals surface area contributed by atoms with E-state index in [2.05, 4.69) is 74.9 Å². The molecule has 0 aliphatic carbocycles. The molecule has 1 aliphatic heterocycles. The Labute approximate surface area is 177 Å². The first-order chi connectivity index (χ1) is 14.2. The second-order valence-corrected chi connectivity index (χ2v) is 8.09. The van der Waals surface area contributed by atoms with Crippen LogP contribution in [0.3, 0.4) is 0 Å². The molecule has 2 N–H and O–H groups in total. The summed E-state index contributed by atoms with van der Waals surface area (Å²) < 4.78 is 6.62. The zero-order chi connectivity index (χ0) is 19.8.